The maximum Gasteiger partial charge on any atom is 0.408 e. The molecule has 44 heavy (non-hydrogen) atoms. The smallest absolute Gasteiger partial charge is 0.408 e. The molecular weight excluding hydrogens is 572 g/mol. The first-order valence-corrected chi connectivity index (χ1v) is 15.1. The van der Waals surface area contributed by atoms with Crippen molar-refractivity contribution >= 4 is 23.9 Å². The minimum absolute atomic E-state index is 0.255. The highest BCUT2D eigenvalue weighted by molar-refractivity contribution is 5.90. The van der Waals surface area contributed by atoms with Gasteiger partial charge in [-0.05, 0) is 51.5 Å². The van der Waals surface area contributed by atoms with E-state index in [1.54, 1.807) is 55.6 Å². The summed E-state index contributed by atoms with van der Waals surface area (Å²) >= 11 is 0. The molecule has 1 aromatic carbocycles. The lowest BCUT2D eigenvalue weighted by molar-refractivity contribution is -0.192. The summed E-state index contributed by atoms with van der Waals surface area (Å²) in [4.78, 5) is 51.4. The molecule has 2 rings (SSSR count). The Morgan fingerprint density at radius 2 is 1.61 bits per heavy atom. The van der Waals surface area contributed by atoms with Crippen molar-refractivity contribution in [2.45, 2.75) is 105 Å². The summed E-state index contributed by atoms with van der Waals surface area (Å²) in [7, 11) is 1.61. The Labute approximate surface area is 260 Å². The molecule has 2 N–H and O–H groups in total. The number of alkyl carbamates (subject to hydrolysis) is 1. The van der Waals surface area contributed by atoms with E-state index < -0.39 is 53.8 Å². The standard InChI is InChI=1S/C32H50N2O10/c1-19(2)26(34-31(38)44-32(6,7)8)28(35)33-27(20(3)4)30(37)43-21(5)42-29(36)22-14-15-40-24(16-22)18-41-25-13-11-10-12-23(25)17-39-9/h10-13,19-22,24,26-27H,14-18H2,1-9H3,(H,33,35)(H,34,38)/t21?,22?,24?,26-,27?/m0/s1. The molecule has 0 aromatic heterocycles. The van der Waals surface area contributed by atoms with E-state index in [0.717, 1.165) is 5.56 Å². The number of benzene rings is 1. The van der Waals surface area contributed by atoms with Crippen molar-refractivity contribution in [3.8, 4) is 5.75 Å². The molecule has 1 aliphatic heterocycles. The largest absolute Gasteiger partial charge is 0.491 e. The zero-order chi connectivity index (χ0) is 33.0. The molecule has 4 unspecified atom stereocenters. The second-order valence-electron chi connectivity index (χ2n) is 12.6. The Balaban J connectivity index is 1.92. The summed E-state index contributed by atoms with van der Waals surface area (Å²) in [6.07, 6.45) is -1.40. The zero-order valence-electron chi connectivity index (χ0n) is 27.5. The van der Waals surface area contributed by atoms with Crippen LogP contribution in [0.25, 0.3) is 0 Å². The van der Waals surface area contributed by atoms with Crippen LogP contribution in [0.5, 0.6) is 5.75 Å². The summed E-state index contributed by atoms with van der Waals surface area (Å²) in [6.45, 7) is 14.6. The van der Waals surface area contributed by atoms with Crippen LogP contribution in [0.1, 0.15) is 73.8 Å². The molecule has 248 valence electrons. The number of esters is 2. The van der Waals surface area contributed by atoms with Crippen LogP contribution in [0.15, 0.2) is 24.3 Å². The zero-order valence-corrected chi connectivity index (χ0v) is 27.5. The number of carbonyl (C=O) groups excluding carboxylic acids is 4. The highest BCUT2D eigenvalue weighted by Crippen LogP contribution is 2.25. The van der Waals surface area contributed by atoms with Crippen LogP contribution in [0.3, 0.4) is 0 Å². The molecule has 1 aromatic rings. The second-order valence-corrected chi connectivity index (χ2v) is 12.6. The van der Waals surface area contributed by atoms with Crippen LogP contribution in [0.4, 0.5) is 4.79 Å². The topological polar surface area (TPSA) is 148 Å². The van der Waals surface area contributed by atoms with E-state index in [9.17, 15) is 19.2 Å². The molecule has 5 atom stereocenters. The maximum absolute atomic E-state index is 13.1. The molecule has 0 radical (unpaired) electrons. The van der Waals surface area contributed by atoms with Crippen LogP contribution in [0, 0.1) is 17.8 Å². The summed E-state index contributed by atoms with van der Waals surface area (Å²) < 4.78 is 33.1. The number of methoxy groups -OCH3 is 1. The van der Waals surface area contributed by atoms with Gasteiger partial charge in [-0.25, -0.2) is 9.59 Å². The average Bonchev–Trinajstić information content (AvgIpc) is 2.93. The lowest BCUT2D eigenvalue weighted by Gasteiger charge is -2.30. The van der Waals surface area contributed by atoms with Gasteiger partial charge >= 0.3 is 18.0 Å². The number of amides is 2. The third-order valence-corrected chi connectivity index (χ3v) is 6.80. The molecule has 1 saturated heterocycles. The predicted octanol–water partition coefficient (Wildman–Crippen LogP) is 4.13. The fourth-order valence-corrected chi connectivity index (χ4v) is 4.54. The number of ether oxygens (including phenoxy) is 6. The van der Waals surface area contributed by atoms with Crippen molar-refractivity contribution in [2.75, 3.05) is 20.3 Å². The number of hydrogen-bond donors (Lipinski definition) is 2. The van der Waals surface area contributed by atoms with E-state index in [4.69, 9.17) is 28.4 Å². The quantitative estimate of drug-likeness (QED) is 0.229. The van der Waals surface area contributed by atoms with Crippen molar-refractivity contribution in [2.24, 2.45) is 17.8 Å². The molecule has 1 aliphatic rings. The van der Waals surface area contributed by atoms with Gasteiger partial charge in [-0.2, -0.15) is 0 Å². The van der Waals surface area contributed by atoms with Gasteiger partial charge in [0.25, 0.3) is 0 Å². The van der Waals surface area contributed by atoms with Crippen molar-refractivity contribution in [1.29, 1.82) is 0 Å². The van der Waals surface area contributed by atoms with Crippen molar-refractivity contribution in [3.63, 3.8) is 0 Å². The lowest BCUT2D eigenvalue weighted by Crippen LogP contribution is -2.56. The Kier molecular flexibility index (Phi) is 14.4. The van der Waals surface area contributed by atoms with Gasteiger partial charge in [0.1, 0.15) is 30.0 Å². The summed E-state index contributed by atoms with van der Waals surface area (Å²) in [5.74, 6) is -2.25. The summed E-state index contributed by atoms with van der Waals surface area (Å²) in [5, 5.41) is 5.24. The van der Waals surface area contributed by atoms with Gasteiger partial charge in [-0.3, -0.25) is 9.59 Å². The van der Waals surface area contributed by atoms with Gasteiger partial charge in [0, 0.05) is 26.2 Å². The van der Waals surface area contributed by atoms with Gasteiger partial charge in [-0.1, -0.05) is 45.9 Å². The first kappa shape index (κ1) is 36.8. The Morgan fingerprint density at radius 3 is 2.23 bits per heavy atom. The monoisotopic (exact) mass is 622 g/mol. The fourth-order valence-electron chi connectivity index (χ4n) is 4.54. The molecule has 0 spiro atoms. The van der Waals surface area contributed by atoms with Crippen LogP contribution in [-0.4, -0.2) is 74.3 Å². The number of nitrogens with one attached hydrogen (secondary N) is 2. The van der Waals surface area contributed by atoms with Crippen molar-refractivity contribution in [1.82, 2.24) is 10.6 Å². The second kappa shape index (κ2) is 17.2. The molecule has 1 fully saturated rings. The number of hydrogen-bond acceptors (Lipinski definition) is 10. The third-order valence-electron chi connectivity index (χ3n) is 6.80. The Hall–Kier alpha value is -3.38. The molecule has 12 nitrogen and oxygen atoms in total. The van der Waals surface area contributed by atoms with Gasteiger partial charge < -0.3 is 39.1 Å². The number of rotatable bonds is 14. The Morgan fingerprint density at radius 1 is 0.955 bits per heavy atom. The van der Waals surface area contributed by atoms with E-state index in [1.807, 2.05) is 24.3 Å². The van der Waals surface area contributed by atoms with Gasteiger partial charge in [0.05, 0.1) is 18.6 Å². The average molecular weight is 623 g/mol. The van der Waals surface area contributed by atoms with Crippen LogP contribution >= 0.6 is 0 Å². The molecule has 12 heteroatoms. The highest BCUT2D eigenvalue weighted by atomic mass is 16.7. The SMILES string of the molecule is COCc1ccccc1OCC1CC(C(=O)OC(C)OC(=O)C(NC(=O)[C@@H](NC(=O)OC(C)(C)C)C(C)C)C(C)C)CCO1. The Bertz CT molecular complexity index is 1100. The number of para-hydroxylation sites is 1. The van der Waals surface area contributed by atoms with Crippen molar-refractivity contribution in [3.05, 3.63) is 29.8 Å². The summed E-state index contributed by atoms with van der Waals surface area (Å²) in [6, 6.07) is 5.55. The molecule has 1 heterocycles. The highest BCUT2D eigenvalue weighted by Gasteiger charge is 2.35. The first-order valence-electron chi connectivity index (χ1n) is 15.1. The normalized spacial score (nSPS) is 19.0. The van der Waals surface area contributed by atoms with Crippen LogP contribution in [0.2, 0.25) is 0 Å². The fraction of sp³-hybridized carbons (Fsp3) is 0.688. The van der Waals surface area contributed by atoms with Gasteiger partial charge in [-0.15, -0.1) is 0 Å². The van der Waals surface area contributed by atoms with E-state index in [0.29, 0.717) is 31.8 Å². The molecule has 2 amide bonds. The lowest BCUT2D eigenvalue weighted by atomic mass is 9.96. The van der Waals surface area contributed by atoms with Crippen LogP contribution in [-0.2, 0) is 44.7 Å². The predicted molar refractivity (Wildman–Crippen MR) is 162 cm³/mol. The maximum atomic E-state index is 13.1. The molecular formula is C32H50N2O10. The van der Waals surface area contributed by atoms with E-state index >= 15 is 0 Å². The van der Waals surface area contributed by atoms with Crippen LogP contribution < -0.4 is 15.4 Å². The number of carbonyl (C=O) groups is 4. The van der Waals surface area contributed by atoms with Crippen molar-refractivity contribution < 1.29 is 47.6 Å². The van der Waals surface area contributed by atoms with E-state index in [2.05, 4.69) is 10.6 Å². The first-order chi connectivity index (χ1) is 20.6. The molecule has 0 bridgehead atoms. The molecule has 0 saturated carbocycles. The van der Waals surface area contributed by atoms with E-state index in [1.165, 1.54) is 6.92 Å². The third kappa shape index (κ3) is 12.3. The summed E-state index contributed by atoms with van der Waals surface area (Å²) in [5.41, 5.74) is 0.169. The minimum atomic E-state index is -1.19. The van der Waals surface area contributed by atoms with Gasteiger partial charge in [0.2, 0.25) is 12.2 Å². The van der Waals surface area contributed by atoms with Gasteiger partial charge in [0.15, 0.2) is 0 Å². The molecule has 0 aliphatic carbocycles. The minimum Gasteiger partial charge on any atom is -0.491 e. The van der Waals surface area contributed by atoms with E-state index in [-0.39, 0.29) is 24.5 Å².